The third-order valence-corrected chi connectivity index (χ3v) is 5.92. The molecule has 1 aliphatic carbocycles. The standard InChI is InChI=1S/C16H21N3S/c1-10-6-3-4-9-19(10)15-14-12-7-5-8-13(12)20-16(14)18-11(2)17-15/h10H,3-9H2,1-2H3/t10-/m1/s1. The van der Waals surface area contributed by atoms with E-state index in [0.29, 0.717) is 6.04 Å². The molecule has 0 radical (unpaired) electrons. The number of aromatic nitrogens is 2. The molecule has 1 atom stereocenters. The lowest BCUT2D eigenvalue weighted by Gasteiger charge is -2.35. The van der Waals surface area contributed by atoms with Crippen molar-refractivity contribution in [2.24, 2.45) is 0 Å². The number of anilines is 1. The summed E-state index contributed by atoms with van der Waals surface area (Å²) in [7, 11) is 0. The number of thiophene rings is 1. The molecule has 2 aliphatic rings. The summed E-state index contributed by atoms with van der Waals surface area (Å²) >= 11 is 1.90. The molecule has 3 heterocycles. The van der Waals surface area contributed by atoms with Gasteiger partial charge in [-0.15, -0.1) is 11.3 Å². The normalized spacial score (nSPS) is 22.5. The van der Waals surface area contributed by atoms with Crippen molar-refractivity contribution >= 4 is 27.4 Å². The van der Waals surface area contributed by atoms with E-state index < -0.39 is 0 Å². The van der Waals surface area contributed by atoms with E-state index in [-0.39, 0.29) is 0 Å². The summed E-state index contributed by atoms with van der Waals surface area (Å²) in [6, 6.07) is 0.609. The summed E-state index contributed by atoms with van der Waals surface area (Å²) in [5.41, 5.74) is 1.55. The SMILES string of the molecule is Cc1nc(N2CCCC[C@H]2C)c2c3c(sc2n1)CCC3. The van der Waals surface area contributed by atoms with E-state index in [9.17, 15) is 0 Å². The zero-order valence-corrected chi connectivity index (χ0v) is 13.1. The molecule has 0 aromatic carbocycles. The molecule has 4 rings (SSSR count). The lowest BCUT2D eigenvalue weighted by Crippen LogP contribution is -2.38. The third kappa shape index (κ3) is 1.85. The predicted octanol–water partition coefficient (Wildman–Crippen LogP) is 3.87. The number of nitrogens with zero attached hydrogens (tertiary/aromatic N) is 3. The van der Waals surface area contributed by atoms with Gasteiger partial charge in [0.05, 0.1) is 5.39 Å². The fraction of sp³-hybridized carbons (Fsp3) is 0.625. The highest BCUT2D eigenvalue weighted by Gasteiger charge is 2.27. The number of rotatable bonds is 1. The molecule has 106 valence electrons. The van der Waals surface area contributed by atoms with E-state index in [1.54, 1.807) is 10.4 Å². The predicted molar refractivity (Wildman–Crippen MR) is 84.8 cm³/mol. The first-order chi connectivity index (χ1) is 9.74. The highest BCUT2D eigenvalue weighted by atomic mass is 32.1. The van der Waals surface area contributed by atoms with Crippen LogP contribution in [0.3, 0.4) is 0 Å². The average Bonchev–Trinajstić information content (AvgIpc) is 2.98. The maximum atomic E-state index is 4.85. The summed E-state index contributed by atoms with van der Waals surface area (Å²) < 4.78 is 0. The van der Waals surface area contributed by atoms with Gasteiger partial charge in [0.25, 0.3) is 0 Å². The second kappa shape index (κ2) is 4.69. The Morgan fingerprint density at radius 2 is 2.05 bits per heavy atom. The number of piperidine rings is 1. The van der Waals surface area contributed by atoms with Gasteiger partial charge < -0.3 is 4.90 Å². The molecule has 0 bridgehead atoms. The first-order valence-electron chi connectivity index (χ1n) is 7.79. The van der Waals surface area contributed by atoms with E-state index in [0.717, 1.165) is 12.4 Å². The van der Waals surface area contributed by atoms with Crippen molar-refractivity contribution in [3.63, 3.8) is 0 Å². The molecular weight excluding hydrogens is 266 g/mol. The molecular formula is C16H21N3S. The van der Waals surface area contributed by atoms with Crippen LogP contribution in [0.4, 0.5) is 5.82 Å². The van der Waals surface area contributed by atoms with E-state index >= 15 is 0 Å². The van der Waals surface area contributed by atoms with Crippen molar-refractivity contribution in [2.45, 2.75) is 58.4 Å². The Bertz CT molecular complexity index is 661. The smallest absolute Gasteiger partial charge is 0.141 e. The molecule has 4 heteroatoms. The van der Waals surface area contributed by atoms with Crippen LogP contribution < -0.4 is 4.90 Å². The molecule has 0 saturated carbocycles. The van der Waals surface area contributed by atoms with Crippen LogP contribution in [-0.2, 0) is 12.8 Å². The Labute approximate surface area is 124 Å². The zero-order chi connectivity index (χ0) is 13.7. The van der Waals surface area contributed by atoms with Gasteiger partial charge in [-0.3, -0.25) is 0 Å². The molecule has 1 aliphatic heterocycles. The fourth-order valence-electron chi connectivity index (χ4n) is 3.70. The third-order valence-electron chi connectivity index (χ3n) is 4.73. The van der Waals surface area contributed by atoms with Crippen LogP contribution >= 0.6 is 11.3 Å². The van der Waals surface area contributed by atoms with E-state index in [4.69, 9.17) is 9.97 Å². The zero-order valence-electron chi connectivity index (χ0n) is 12.3. The van der Waals surface area contributed by atoms with Crippen LogP contribution in [0.1, 0.15) is 48.9 Å². The van der Waals surface area contributed by atoms with Crippen molar-refractivity contribution in [3.05, 3.63) is 16.3 Å². The number of aryl methyl sites for hydroxylation is 3. The second-order valence-corrected chi connectivity index (χ2v) is 7.25. The van der Waals surface area contributed by atoms with Gasteiger partial charge in [0.2, 0.25) is 0 Å². The van der Waals surface area contributed by atoms with Gasteiger partial charge in [-0.2, -0.15) is 0 Å². The minimum Gasteiger partial charge on any atom is -0.353 e. The second-order valence-electron chi connectivity index (χ2n) is 6.17. The van der Waals surface area contributed by atoms with Crippen molar-refractivity contribution < 1.29 is 0 Å². The van der Waals surface area contributed by atoms with Crippen LogP contribution in [0.25, 0.3) is 10.2 Å². The van der Waals surface area contributed by atoms with Crippen LogP contribution in [0.2, 0.25) is 0 Å². The minimum atomic E-state index is 0.609. The molecule has 0 amide bonds. The maximum absolute atomic E-state index is 4.85. The van der Waals surface area contributed by atoms with Crippen LogP contribution in [0.5, 0.6) is 0 Å². The van der Waals surface area contributed by atoms with Crippen molar-refractivity contribution in [1.29, 1.82) is 0 Å². The number of hydrogen-bond acceptors (Lipinski definition) is 4. The number of hydrogen-bond donors (Lipinski definition) is 0. The van der Waals surface area contributed by atoms with E-state index in [2.05, 4.69) is 11.8 Å². The Morgan fingerprint density at radius 3 is 2.90 bits per heavy atom. The Balaban J connectivity index is 1.93. The molecule has 0 N–H and O–H groups in total. The summed E-state index contributed by atoms with van der Waals surface area (Å²) in [6.07, 6.45) is 7.70. The molecule has 0 spiro atoms. The summed E-state index contributed by atoms with van der Waals surface area (Å²) in [6.45, 7) is 5.52. The van der Waals surface area contributed by atoms with Crippen molar-refractivity contribution in [3.8, 4) is 0 Å². The molecule has 0 unspecified atom stereocenters. The quantitative estimate of drug-likeness (QED) is 0.797. The maximum Gasteiger partial charge on any atom is 0.141 e. The molecule has 1 saturated heterocycles. The molecule has 2 aromatic rings. The highest BCUT2D eigenvalue weighted by Crippen LogP contribution is 2.41. The monoisotopic (exact) mass is 287 g/mol. The first-order valence-corrected chi connectivity index (χ1v) is 8.61. The summed E-state index contributed by atoms with van der Waals surface area (Å²) in [4.78, 5) is 14.9. The lowest BCUT2D eigenvalue weighted by molar-refractivity contribution is 0.482. The van der Waals surface area contributed by atoms with Gasteiger partial charge in [-0.05, 0) is 57.9 Å². The Kier molecular flexibility index (Phi) is 2.95. The minimum absolute atomic E-state index is 0.609. The average molecular weight is 287 g/mol. The molecule has 3 nitrogen and oxygen atoms in total. The van der Waals surface area contributed by atoms with Crippen LogP contribution in [-0.4, -0.2) is 22.6 Å². The van der Waals surface area contributed by atoms with Crippen molar-refractivity contribution in [2.75, 3.05) is 11.4 Å². The summed E-state index contributed by atoms with van der Waals surface area (Å²) in [5, 5.41) is 1.38. The van der Waals surface area contributed by atoms with Crippen molar-refractivity contribution in [1.82, 2.24) is 9.97 Å². The van der Waals surface area contributed by atoms with E-state index in [1.807, 2.05) is 18.3 Å². The fourth-order valence-corrected chi connectivity index (χ4v) is 5.00. The van der Waals surface area contributed by atoms with E-state index in [1.165, 1.54) is 54.6 Å². The summed E-state index contributed by atoms with van der Waals surface area (Å²) in [5.74, 6) is 2.14. The Morgan fingerprint density at radius 1 is 1.15 bits per heavy atom. The topological polar surface area (TPSA) is 29.0 Å². The number of fused-ring (bicyclic) bond motifs is 3. The largest absolute Gasteiger partial charge is 0.353 e. The first kappa shape index (κ1) is 12.6. The lowest BCUT2D eigenvalue weighted by atomic mass is 10.0. The van der Waals surface area contributed by atoms with Gasteiger partial charge in [0.15, 0.2) is 0 Å². The van der Waals surface area contributed by atoms with Gasteiger partial charge in [-0.1, -0.05) is 0 Å². The van der Waals surface area contributed by atoms with Crippen LogP contribution in [0, 0.1) is 6.92 Å². The highest BCUT2D eigenvalue weighted by molar-refractivity contribution is 7.19. The van der Waals surface area contributed by atoms with Gasteiger partial charge in [-0.25, -0.2) is 9.97 Å². The van der Waals surface area contributed by atoms with Gasteiger partial charge >= 0.3 is 0 Å². The molecule has 1 fully saturated rings. The Hall–Kier alpha value is -1.16. The van der Waals surface area contributed by atoms with Gasteiger partial charge in [0.1, 0.15) is 16.5 Å². The van der Waals surface area contributed by atoms with Crippen LogP contribution in [0.15, 0.2) is 0 Å². The molecule has 20 heavy (non-hydrogen) atoms. The molecule has 2 aromatic heterocycles. The van der Waals surface area contributed by atoms with Gasteiger partial charge in [0, 0.05) is 17.5 Å².